The Labute approximate surface area is 201 Å². The van der Waals surface area contributed by atoms with E-state index < -0.39 is 0 Å². The molecule has 3 aromatic heterocycles. The lowest BCUT2D eigenvalue weighted by molar-refractivity contribution is 0.434. The highest BCUT2D eigenvalue weighted by Crippen LogP contribution is 2.24. The molecule has 1 aliphatic heterocycles. The number of piperidine rings is 1. The molecule has 4 aromatic rings. The molecule has 0 atom stereocenters. The van der Waals surface area contributed by atoms with Crippen molar-refractivity contribution in [2.75, 3.05) is 23.3 Å². The molecule has 1 aliphatic rings. The monoisotopic (exact) mass is 458 g/mol. The summed E-state index contributed by atoms with van der Waals surface area (Å²) in [6, 6.07) is 10.2. The summed E-state index contributed by atoms with van der Waals surface area (Å²) in [7, 11) is 0. The van der Waals surface area contributed by atoms with Gasteiger partial charge in [-0.15, -0.1) is 0 Å². The number of anilines is 2. The molecule has 0 bridgehead atoms. The maximum Gasteiger partial charge on any atom is 0.230 e. The molecule has 5 rings (SSSR count). The molecule has 0 unspecified atom stereocenters. The number of nitrogens with zero attached hydrogens (tertiary/aromatic N) is 7. The first kappa shape index (κ1) is 22.4. The first-order chi connectivity index (χ1) is 16.7. The lowest BCUT2D eigenvalue weighted by Crippen LogP contribution is -2.34. The highest BCUT2D eigenvalue weighted by atomic mass is 15.4. The van der Waals surface area contributed by atoms with Crippen molar-refractivity contribution in [1.29, 1.82) is 0 Å². The normalized spacial score (nSPS) is 14.7. The quantitative estimate of drug-likeness (QED) is 0.360. The van der Waals surface area contributed by atoms with E-state index in [-0.39, 0.29) is 0 Å². The molecule has 178 valence electrons. The minimum absolute atomic E-state index is 0.615. The topological polar surface area (TPSA) is 76.2 Å². The minimum atomic E-state index is 0.615. The van der Waals surface area contributed by atoms with Gasteiger partial charge in [0.05, 0.1) is 11.9 Å². The summed E-state index contributed by atoms with van der Waals surface area (Å²) in [5.74, 6) is 2.30. The van der Waals surface area contributed by atoms with Gasteiger partial charge in [0, 0.05) is 37.6 Å². The number of para-hydroxylation sites is 1. The Morgan fingerprint density at radius 3 is 2.65 bits per heavy atom. The summed E-state index contributed by atoms with van der Waals surface area (Å²) in [4.78, 5) is 12.3. The van der Waals surface area contributed by atoms with Gasteiger partial charge >= 0.3 is 0 Å². The van der Waals surface area contributed by atoms with Crippen molar-refractivity contribution in [3.63, 3.8) is 0 Å². The summed E-state index contributed by atoms with van der Waals surface area (Å²) in [5, 5.41) is 12.6. The number of rotatable bonds is 9. The number of hydrogen-bond donors (Lipinski definition) is 1. The van der Waals surface area contributed by atoms with Gasteiger partial charge in [0.1, 0.15) is 0 Å². The molecule has 4 heterocycles. The van der Waals surface area contributed by atoms with Gasteiger partial charge in [-0.3, -0.25) is 0 Å². The van der Waals surface area contributed by atoms with Crippen LogP contribution in [0.2, 0.25) is 0 Å². The van der Waals surface area contributed by atoms with E-state index in [1.54, 1.807) is 6.20 Å². The van der Waals surface area contributed by atoms with E-state index in [9.17, 15) is 0 Å². The predicted octanol–water partition coefficient (Wildman–Crippen LogP) is 4.89. The van der Waals surface area contributed by atoms with Crippen LogP contribution >= 0.6 is 0 Å². The van der Waals surface area contributed by atoms with Crippen molar-refractivity contribution in [3.8, 4) is 5.69 Å². The summed E-state index contributed by atoms with van der Waals surface area (Å²) in [6.45, 7) is 7.17. The van der Waals surface area contributed by atoms with E-state index in [1.807, 2.05) is 33.7 Å². The number of aryl methyl sites for hydroxylation is 1. The number of nitrogens with one attached hydrogen (secondary N) is 1. The zero-order valence-electron chi connectivity index (χ0n) is 20.2. The molecular weight excluding hydrogens is 424 g/mol. The molecule has 1 saturated heterocycles. The van der Waals surface area contributed by atoms with Crippen LogP contribution in [0.3, 0.4) is 0 Å². The fourth-order valence-corrected chi connectivity index (χ4v) is 4.59. The molecule has 0 spiro atoms. The lowest BCUT2D eigenvalue weighted by Gasteiger charge is -2.30. The van der Waals surface area contributed by atoms with E-state index in [0.717, 1.165) is 60.6 Å². The molecule has 0 amide bonds. The van der Waals surface area contributed by atoms with Gasteiger partial charge in [-0.1, -0.05) is 44.9 Å². The molecule has 0 aliphatic carbocycles. The van der Waals surface area contributed by atoms with Crippen molar-refractivity contribution in [1.82, 2.24) is 29.4 Å². The zero-order chi connectivity index (χ0) is 23.3. The Morgan fingerprint density at radius 2 is 1.85 bits per heavy atom. The van der Waals surface area contributed by atoms with E-state index in [0.29, 0.717) is 6.54 Å². The molecule has 1 N–H and O–H groups in total. The van der Waals surface area contributed by atoms with E-state index in [2.05, 4.69) is 52.5 Å². The third-order valence-corrected chi connectivity index (χ3v) is 6.73. The van der Waals surface area contributed by atoms with Gasteiger partial charge in [0.25, 0.3) is 0 Å². The molecule has 0 radical (unpaired) electrons. The fourth-order valence-electron chi connectivity index (χ4n) is 4.59. The van der Waals surface area contributed by atoms with Crippen molar-refractivity contribution in [2.24, 2.45) is 5.92 Å². The van der Waals surface area contributed by atoms with Crippen LogP contribution in [0, 0.1) is 5.92 Å². The third-order valence-electron chi connectivity index (χ3n) is 6.73. The molecule has 8 nitrogen and oxygen atoms in total. The predicted molar refractivity (Wildman–Crippen MR) is 136 cm³/mol. The maximum atomic E-state index is 5.00. The van der Waals surface area contributed by atoms with E-state index >= 15 is 0 Å². The summed E-state index contributed by atoms with van der Waals surface area (Å²) in [6.07, 6.45) is 12.6. The standard InChI is InChI=1S/C26H34N8/c1-3-4-5-10-22-19-29-34-24(22)30-26(32-16-12-20(2)13-17-32)31-25(34)27-18-21-9-6-7-11-23(21)33-15-8-14-28-33/h6-9,11,14-15,19-20H,3-5,10,12-13,16-18H2,1-2H3,(H,27,30,31). The van der Waals surface area contributed by atoms with Crippen LogP contribution < -0.4 is 10.2 Å². The zero-order valence-corrected chi connectivity index (χ0v) is 20.2. The van der Waals surface area contributed by atoms with E-state index in [1.165, 1.54) is 31.2 Å². The van der Waals surface area contributed by atoms with Crippen LogP contribution in [-0.4, -0.2) is 42.5 Å². The second kappa shape index (κ2) is 10.2. The molecule has 0 saturated carbocycles. The van der Waals surface area contributed by atoms with Crippen LogP contribution in [0.5, 0.6) is 0 Å². The van der Waals surface area contributed by atoms with Crippen LogP contribution in [0.25, 0.3) is 11.3 Å². The second-order valence-electron chi connectivity index (χ2n) is 9.31. The molecule has 8 heteroatoms. The van der Waals surface area contributed by atoms with Crippen LogP contribution in [0.4, 0.5) is 11.9 Å². The second-order valence-corrected chi connectivity index (χ2v) is 9.31. The van der Waals surface area contributed by atoms with Gasteiger partial charge in [0.15, 0.2) is 5.65 Å². The summed E-state index contributed by atoms with van der Waals surface area (Å²) in [5.41, 5.74) is 4.31. The SMILES string of the molecule is CCCCCc1cnn2c(NCc3ccccc3-n3cccn3)nc(N3CCC(C)CC3)nc12. The smallest absolute Gasteiger partial charge is 0.230 e. The molecule has 1 aromatic carbocycles. The lowest BCUT2D eigenvalue weighted by atomic mass is 10.00. The van der Waals surface area contributed by atoms with Gasteiger partial charge in [-0.2, -0.15) is 24.7 Å². The highest BCUT2D eigenvalue weighted by Gasteiger charge is 2.21. The van der Waals surface area contributed by atoms with Crippen molar-refractivity contribution >= 4 is 17.5 Å². The average Bonchev–Trinajstić information content (AvgIpc) is 3.54. The minimum Gasteiger partial charge on any atom is -0.350 e. The Kier molecular flexibility index (Phi) is 6.74. The van der Waals surface area contributed by atoms with Crippen LogP contribution in [0.15, 0.2) is 48.9 Å². The van der Waals surface area contributed by atoms with Gasteiger partial charge < -0.3 is 10.2 Å². The molecule has 34 heavy (non-hydrogen) atoms. The van der Waals surface area contributed by atoms with Gasteiger partial charge in [-0.25, -0.2) is 4.68 Å². The first-order valence-electron chi connectivity index (χ1n) is 12.5. The van der Waals surface area contributed by atoms with E-state index in [4.69, 9.17) is 9.97 Å². The Bertz CT molecular complexity index is 1210. The molecule has 1 fully saturated rings. The Hall–Kier alpha value is -3.42. The van der Waals surface area contributed by atoms with Crippen molar-refractivity contribution in [2.45, 2.75) is 58.9 Å². The largest absolute Gasteiger partial charge is 0.350 e. The summed E-state index contributed by atoms with van der Waals surface area (Å²) >= 11 is 0. The maximum absolute atomic E-state index is 5.00. The average molecular weight is 459 g/mol. The first-order valence-corrected chi connectivity index (χ1v) is 12.5. The van der Waals surface area contributed by atoms with Gasteiger partial charge in [0.2, 0.25) is 11.9 Å². The fraction of sp³-hybridized carbons (Fsp3) is 0.462. The van der Waals surface area contributed by atoms with Crippen molar-refractivity contribution in [3.05, 3.63) is 60.0 Å². The number of hydrogen-bond acceptors (Lipinski definition) is 6. The number of benzene rings is 1. The number of unbranched alkanes of at least 4 members (excludes halogenated alkanes) is 2. The third kappa shape index (κ3) is 4.76. The molecular formula is C26H34N8. The van der Waals surface area contributed by atoms with Crippen molar-refractivity contribution < 1.29 is 0 Å². The highest BCUT2D eigenvalue weighted by molar-refractivity contribution is 5.56. The van der Waals surface area contributed by atoms with Crippen LogP contribution in [0.1, 0.15) is 57.1 Å². The summed E-state index contributed by atoms with van der Waals surface area (Å²) < 4.78 is 3.76. The number of fused-ring (bicyclic) bond motifs is 1. The van der Waals surface area contributed by atoms with Crippen LogP contribution in [-0.2, 0) is 13.0 Å². The Balaban J connectivity index is 1.46. The van der Waals surface area contributed by atoms with Gasteiger partial charge in [-0.05, 0) is 49.3 Å². The Morgan fingerprint density at radius 1 is 1.00 bits per heavy atom. The number of aromatic nitrogens is 6.